The number of pyridine rings is 1. The van der Waals surface area contributed by atoms with Crippen molar-refractivity contribution in [2.75, 3.05) is 18.0 Å². The molecule has 0 radical (unpaired) electrons. The second kappa shape index (κ2) is 5.35. The third-order valence-electron chi connectivity index (χ3n) is 2.88. The van der Waals surface area contributed by atoms with Crippen molar-refractivity contribution < 1.29 is 14.7 Å². The minimum absolute atomic E-state index is 0.326. The summed E-state index contributed by atoms with van der Waals surface area (Å²) >= 11 is 0. The quantitative estimate of drug-likeness (QED) is 0.775. The molecule has 0 saturated carbocycles. The fourth-order valence-corrected chi connectivity index (χ4v) is 2.05. The summed E-state index contributed by atoms with van der Waals surface area (Å²) in [5.74, 6) is -1.07. The second-order valence-electron chi connectivity index (χ2n) is 4.08. The number of piperazine rings is 1. The molecule has 1 aromatic heterocycles. The van der Waals surface area contributed by atoms with Crippen molar-refractivity contribution in [3.63, 3.8) is 0 Å². The van der Waals surface area contributed by atoms with E-state index < -0.39 is 12.0 Å². The van der Waals surface area contributed by atoms with Crippen LogP contribution >= 0.6 is 0 Å². The molecule has 0 aromatic carbocycles. The van der Waals surface area contributed by atoms with Crippen molar-refractivity contribution in [3.8, 4) is 6.07 Å². The maximum Gasteiger partial charge on any atom is 0.305 e. The zero-order valence-electron chi connectivity index (χ0n) is 10.0. The summed E-state index contributed by atoms with van der Waals surface area (Å²) in [4.78, 5) is 28.3. The number of anilines is 1. The lowest BCUT2D eigenvalue weighted by molar-refractivity contribution is -0.139. The lowest BCUT2D eigenvalue weighted by Crippen LogP contribution is -2.56. The van der Waals surface area contributed by atoms with Crippen LogP contribution in [0, 0.1) is 11.3 Å². The number of carboxylic acids is 1. The van der Waals surface area contributed by atoms with Crippen LogP contribution in [0.4, 0.5) is 5.82 Å². The van der Waals surface area contributed by atoms with E-state index in [-0.39, 0.29) is 12.3 Å². The Kier molecular flexibility index (Phi) is 3.61. The average Bonchev–Trinajstić information content (AvgIpc) is 2.40. The van der Waals surface area contributed by atoms with Gasteiger partial charge in [-0.15, -0.1) is 0 Å². The molecule has 1 aliphatic heterocycles. The molecule has 2 rings (SSSR count). The summed E-state index contributed by atoms with van der Waals surface area (Å²) < 4.78 is 0. The number of carbonyl (C=O) groups is 2. The van der Waals surface area contributed by atoms with Gasteiger partial charge in [-0.2, -0.15) is 5.26 Å². The molecule has 7 heteroatoms. The molecule has 0 spiro atoms. The number of carboxylic acid groups (broad SMARTS) is 1. The summed E-state index contributed by atoms with van der Waals surface area (Å²) in [6.07, 6.45) is 1.19. The summed E-state index contributed by atoms with van der Waals surface area (Å²) in [6, 6.07) is 4.37. The molecule has 2 heterocycles. The Hall–Kier alpha value is -2.62. The summed E-state index contributed by atoms with van der Waals surface area (Å²) in [5, 5.41) is 20.6. The maximum absolute atomic E-state index is 11.8. The normalized spacial score (nSPS) is 18.6. The predicted molar refractivity (Wildman–Crippen MR) is 65.3 cm³/mol. The van der Waals surface area contributed by atoms with Gasteiger partial charge in [-0.05, 0) is 12.1 Å². The highest BCUT2D eigenvalue weighted by Gasteiger charge is 2.33. The van der Waals surface area contributed by atoms with Crippen molar-refractivity contribution in [2.45, 2.75) is 12.5 Å². The fraction of sp³-hybridized carbons (Fsp3) is 0.333. The monoisotopic (exact) mass is 260 g/mol. The van der Waals surface area contributed by atoms with Gasteiger partial charge in [-0.1, -0.05) is 0 Å². The lowest BCUT2D eigenvalue weighted by atomic mass is 10.1. The number of nitriles is 1. The third-order valence-corrected chi connectivity index (χ3v) is 2.88. The molecule has 1 aromatic rings. The molecule has 2 N–H and O–H groups in total. The van der Waals surface area contributed by atoms with Gasteiger partial charge in [0.05, 0.1) is 12.0 Å². The molecule has 98 valence electrons. The van der Waals surface area contributed by atoms with Gasteiger partial charge >= 0.3 is 5.97 Å². The van der Waals surface area contributed by atoms with E-state index >= 15 is 0 Å². The molecular formula is C12H12N4O3. The van der Waals surface area contributed by atoms with Gasteiger partial charge in [0.2, 0.25) is 5.91 Å². The van der Waals surface area contributed by atoms with Crippen LogP contribution in [0.25, 0.3) is 0 Å². The zero-order valence-corrected chi connectivity index (χ0v) is 10.0. The van der Waals surface area contributed by atoms with Gasteiger partial charge in [0.25, 0.3) is 0 Å². The molecule has 7 nitrogen and oxygen atoms in total. The number of aromatic nitrogens is 1. The van der Waals surface area contributed by atoms with Crippen molar-refractivity contribution in [2.24, 2.45) is 0 Å². The van der Waals surface area contributed by atoms with E-state index in [4.69, 9.17) is 10.4 Å². The Morgan fingerprint density at radius 1 is 1.68 bits per heavy atom. The van der Waals surface area contributed by atoms with E-state index in [0.29, 0.717) is 24.5 Å². The van der Waals surface area contributed by atoms with Gasteiger partial charge in [-0.25, -0.2) is 4.98 Å². The molecule has 19 heavy (non-hydrogen) atoms. The first-order chi connectivity index (χ1) is 9.13. The van der Waals surface area contributed by atoms with E-state index in [1.54, 1.807) is 17.0 Å². The van der Waals surface area contributed by atoms with E-state index in [9.17, 15) is 9.59 Å². The number of carbonyl (C=O) groups excluding carboxylic acids is 1. The van der Waals surface area contributed by atoms with Crippen molar-refractivity contribution >= 4 is 17.7 Å². The van der Waals surface area contributed by atoms with Gasteiger partial charge in [0.1, 0.15) is 17.9 Å². The van der Waals surface area contributed by atoms with Gasteiger partial charge < -0.3 is 15.3 Å². The van der Waals surface area contributed by atoms with Crippen molar-refractivity contribution in [1.82, 2.24) is 10.3 Å². The first-order valence-electron chi connectivity index (χ1n) is 5.74. The number of nitrogens with zero attached hydrogens (tertiary/aromatic N) is 3. The number of rotatable bonds is 3. The largest absolute Gasteiger partial charge is 0.481 e. The van der Waals surface area contributed by atoms with Crippen LogP contribution in [0.1, 0.15) is 12.0 Å². The first-order valence-corrected chi connectivity index (χ1v) is 5.74. The fourth-order valence-electron chi connectivity index (χ4n) is 2.05. The second-order valence-corrected chi connectivity index (χ2v) is 4.08. The third kappa shape index (κ3) is 2.63. The highest BCUT2D eigenvalue weighted by molar-refractivity contribution is 5.90. The SMILES string of the molecule is N#Cc1cccnc1N1CCNC(=O)C1CC(=O)O. The molecule has 0 aliphatic carbocycles. The summed E-state index contributed by atoms with van der Waals surface area (Å²) in [7, 11) is 0. The number of nitrogens with one attached hydrogen (secondary N) is 1. The summed E-state index contributed by atoms with van der Waals surface area (Å²) in [5.41, 5.74) is 0.326. The Balaban J connectivity index is 2.37. The van der Waals surface area contributed by atoms with E-state index in [2.05, 4.69) is 10.3 Å². The van der Waals surface area contributed by atoms with Crippen LogP contribution in [0.3, 0.4) is 0 Å². The van der Waals surface area contributed by atoms with E-state index in [0.717, 1.165) is 0 Å². The predicted octanol–water partition coefficient (Wildman–Crippen LogP) is -0.267. The molecule has 0 bridgehead atoms. The van der Waals surface area contributed by atoms with E-state index in [1.807, 2.05) is 6.07 Å². The molecule has 1 unspecified atom stereocenters. The van der Waals surface area contributed by atoms with Crippen LogP contribution in [0.5, 0.6) is 0 Å². The molecule has 1 amide bonds. The average molecular weight is 260 g/mol. The minimum atomic E-state index is -1.07. The number of hydrogen-bond donors (Lipinski definition) is 2. The zero-order chi connectivity index (χ0) is 13.8. The van der Waals surface area contributed by atoms with Gasteiger partial charge in [0.15, 0.2) is 0 Å². The summed E-state index contributed by atoms with van der Waals surface area (Å²) in [6.45, 7) is 0.825. The molecule has 1 aliphatic rings. The van der Waals surface area contributed by atoms with Crippen LogP contribution in [-0.2, 0) is 9.59 Å². The number of hydrogen-bond acceptors (Lipinski definition) is 5. The molecule has 1 atom stereocenters. The van der Waals surface area contributed by atoms with Gasteiger partial charge in [0, 0.05) is 19.3 Å². The smallest absolute Gasteiger partial charge is 0.305 e. The Labute approximate surface area is 109 Å². The highest BCUT2D eigenvalue weighted by Crippen LogP contribution is 2.21. The highest BCUT2D eigenvalue weighted by atomic mass is 16.4. The topological polar surface area (TPSA) is 106 Å². The first kappa shape index (κ1) is 12.8. The lowest BCUT2D eigenvalue weighted by Gasteiger charge is -2.35. The minimum Gasteiger partial charge on any atom is -0.481 e. The maximum atomic E-state index is 11.8. The van der Waals surface area contributed by atoms with E-state index in [1.165, 1.54) is 6.20 Å². The van der Waals surface area contributed by atoms with Gasteiger partial charge in [-0.3, -0.25) is 9.59 Å². The van der Waals surface area contributed by atoms with Crippen LogP contribution in [0.2, 0.25) is 0 Å². The Morgan fingerprint density at radius 2 is 2.47 bits per heavy atom. The Morgan fingerprint density at radius 3 is 3.16 bits per heavy atom. The molecule has 1 saturated heterocycles. The van der Waals surface area contributed by atoms with Crippen LogP contribution in [-0.4, -0.2) is 41.1 Å². The number of aliphatic carboxylic acids is 1. The standard InChI is InChI=1S/C12H12N4O3/c13-7-8-2-1-3-14-11(8)16-5-4-15-12(19)9(16)6-10(17)18/h1-3,9H,4-6H2,(H,15,19)(H,17,18). The molecular weight excluding hydrogens is 248 g/mol. The van der Waals surface area contributed by atoms with Crippen molar-refractivity contribution in [3.05, 3.63) is 23.9 Å². The number of amides is 1. The Bertz CT molecular complexity index is 552. The molecule has 1 fully saturated rings. The van der Waals surface area contributed by atoms with Crippen LogP contribution in [0.15, 0.2) is 18.3 Å². The van der Waals surface area contributed by atoms with Crippen molar-refractivity contribution in [1.29, 1.82) is 5.26 Å². The van der Waals surface area contributed by atoms with Crippen LogP contribution < -0.4 is 10.2 Å².